The summed E-state index contributed by atoms with van der Waals surface area (Å²) in [6, 6.07) is 9.87. The van der Waals surface area contributed by atoms with Crippen LogP contribution >= 0.6 is 0 Å². The number of hydrogen-bond acceptors (Lipinski definition) is 1. The summed E-state index contributed by atoms with van der Waals surface area (Å²) in [7, 11) is -2.69. The molecule has 0 radical (unpaired) electrons. The molecule has 1 aliphatic rings. The van der Waals surface area contributed by atoms with E-state index >= 15 is 0 Å². The third-order valence-electron chi connectivity index (χ3n) is 6.73. The Kier molecular flexibility index (Phi) is 14.1. The third-order valence-corrected chi connectivity index (χ3v) is 15.0. The summed E-state index contributed by atoms with van der Waals surface area (Å²) in [5.74, 6) is 2.44. The van der Waals surface area contributed by atoms with Crippen molar-refractivity contribution >= 4 is 24.8 Å². The van der Waals surface area contributed by atoms with Gasteiger partial charge in [0.05, 0.1) is 0 Å². The molecule has 0 aliphatic heterocycles. The van der Waals surface area contributed by atoms with Gasteiger partial charge in [-0.1, -0.05) is 81.8 Å². The Bertz CT molecular complexity index is 702. The van der Waals surface area contributed by atoms with Crippen molar-refractivity contribution in [2.75, 3.05) is 13.7 Å². The molecule has 1 aromatic carbocycles. The number of nitrogens with zero attached hydrogens (tertiary/aromatic N) is 2. The zero-order valence-corrected chi connectivity index (χ0v) is 29.7. The summed E-state index contributed by atoms with van der Waals surface area (Å²) in [6.45, 7) is 30.5. The number of rotatable bonds is 8. The molecule has 3 nitrogen and oxygen atoms in total. The SMILES string of the molecule is C[N-][Si](C)(C)C1[C-](C)C([Si](C)(C)[N-]C(C)(C)C)CC1CCO[Si](C)(C)C.[CH2-]c1ccccc1.[Zr+4]. The normalized spacial score (nSPS) is 22.1. The third kappa shape index (κ3) is 11.7. The van der Waals surface area contributed by atoms with Gasteiger partial charge in [-0.05, 0) is 26.1 Å². The van der Waals surface area contributed by atoms with E-state index < -0.39 is 24.8 Å². The standard InChI is InChI=1S/C20H45N2OSi3.C7H7.Zr/c1-16-18(25(9,10)22-20(2,3)4)15-17(13-14-23-24(6,7)8)19(16)26(11,12)21-5;1-7-5-3-2-4-6-7;/h17-19H,13-15H2,1-12H3;2-6H,1H2;/q-3;-1;+4. The van der Waals surface area contributed by atoms with Crippen LogP contribution in [0.5, 0.6) is 0 Å². The molecule has 0 amide bonds. The van der Waals surface area contributed by atoms with Gasteiger partial charge < -0.3 is 20.3 Å². The quantitative estimate of drug-likeness (QED) is 0.218. The molecule has 0 bridgehead atoms. The molecule has 0 spiro atoms. The first-order valence-electron chi connectivity index (χ1n) is 12.6. The average Bonchev–Trinajstić information content (AvgIpc) is 2.98. The summed E-state index contributed by atoms with van der Waals surface area (Å²) >= 11 is 0. The average molecular weight is 596 g/mol. The van der Waals surface area contributed by atoms with E-state index in [0.717, 1.165) is 18.1 Å². The van der Waals surface area contributed by atoms with Crippen LogP contribution in [0.15, 0.2) is 30.3 Å². The van der Waals surface area contributed by atoms with Crippen molar-refractivity contribution in [1.29, 1.82) is 0 Å². The molecular formula is C27H52N2OSi3Zr. The predicted molar refractivity (Wildman–Crippen MR) is 157 cm³/mol. The maximum Gasteiger partial charge on any atom is 4.00 e. The van der Waals surface area contributed by atoms with Gasteiger partial charge in [-0.3, -0.25) is 0 Å². The second kappa shape index (κ2) is 13.9. The molecule has 0 saturated heterocycles. The van der Waals surface area contributed by atoms with E-state index in [1.165, 1.54) is 12.8 Å². The van der Waals surface area contributed by atoms with Gasteiger partial charge in [-0.15, -0.1) is 17.7 Å². The summed E-state index contributed by atoms with van der Waals surface area (Å²) in [5.41, 5.74) is 2.51. The molecule has 1 fully saturated rings. The van der Waals surface area contributed by atoms with Gasteiger partial charge >= 0.3 is 26.2 Å². The van der Waals surface area contributed by atoms with Crippen LogP contribution in [-0.4, -0.2) is 44.0 Å². The van der Waals surface area contributed by atoms with Crippen molar-refractivity contribution in [3.8, 4) is 0 Å². The fourth-order valence-corrected chi connectivity index (χ4v) is 13.6. The molecule has 0 aromatic heterocycles. The van der Waals surface area contributed by atoms with Crippen LogP contribution in [-0.2, 0) is 30.6 Å². The summed E-state index contributed by atoms with van der Waals surface area (Å²) in [4.78, 5) is 10.3. The maximum absolute atomic E-state index is 6.22. The molecule has 1 aromatic rings. The van der Waals surface area contributed by atoms with Crippen molar-refractivity contribution in [1.82, 2.24) is 0 Å². The summed E-state index contributed by atoms with van der Waals surface area (Å²) in [6.07, 6.45) is 2.49. The van der Waals surface area contributed by atoms with Crippen LogP contribution < -0.4 is 0 Å². The maximum atomic E-state index is 6.22. The van der Waals surface area contributed by atoms with Crippen LogP contribution in [0.2, 0.25) is 56.9 Å². The van der Waals surface area contributed by atoms with Crippen molar-refractivity contribution < 1.29 is 30.6 Å². The van der Waals surface area contributed by atoms with E-state index in [2.05, 4.69) is 80.4 Å². The minimum atomic E-state index is -1.68. The van der Waals surface area contributed by atoms with Gasteiger partial charge in [0, 0.05) is 6.61 Å². The molecule has 1 aliphatic carbocycles. The zero-order valence-electron chi connectivity index (χ0n) is 24.2. The first-order valence-corrected chi connectivity index (χ1v) is 22.0. The Balaban J connectivity index is 0.00000116. The first-order chi connectivity index (χ1) is 14.9. The minimum absolute atomic E-state index is 0. The van der Waals surface area contributed by atoms with Gasteiger partial charge in [0.25, 0.3) is 0 Å². The molecule has 3 unspecified atom stereocenters. The van der Waals surface area contributed by atoms with Gasteiger partial charge in [0.2, 0.25) is 0 Å². The molecule has 34 heavy (non-hydrogen) atoms. The van der Waals surface area contributed by atoms with Crippen LogP contribution in [0.3, 0.4) is 0 Å². The second-order valence-corrected chi connectivity index (χ2v) is 25.9. The molecule has 0 N–H and O–H groups in total. The summed E-state index contributed by atoms with van der Waals surface area (Å²) in [5, 5.41) is 0. The molecular weight excluding hydrogens is 544 g/mol. The largest absolute Gasteiger partial charge is 4.00 e. The fraction of sp³-hybridized carbons (Fsp3) is 0.704. The Labute approximate surface area is 235 Å². The van der Waals surface area contributed by atoms with Crippen molar-refractivity contribution in [2.24, 2.45) is 5.92 Å². The fourth-order valence-electron chi connectivity index (χ4n) is 5.55. The molecule has 0 heterocycles. The van der Waals surface area contributed by atoms with E-state index in [1.54, 1.807) is 5.92 Å². The van der Waals surface area contributed by atoms with Gasteiger partial charge in [0.1, 0.15) is 0 Å². The van der Waals surface area contributed by atoms with Gasteiger partial charge in [-0.25, -0.2) is 0 Å². The van der Waals surface area contributed by atoms with Gasteiger partial charge in [0.15, 0.2) is 8.32 Å². The topological polar surface area (TPSA) is 37.4 Å². The van der Waals surface area contributed by atoms with Crippen LogP contribution in [0.4, 0.5) is 0 Å². The van der Waals surface area contributed by atoms with E-state index in [-0.39, 0.29) is 31.7 Å². The molecule has 1 saturated carbocycles. The monoisotopic (exact) mass is 594 g/mol. The van der Waals surface area contributed by atoms with Crippen molar-refractivity contribution in [2.45, 2.75) is 103 Å². The van der Waals surface area contributed by atoms with E-state index in [0.29, 0.717) is 11.1 Å². The Morgan fingerprint density at radius 1 is 1.00 bits per heavy atom. The van der Waals surface area contributed by atoms with Crippen LogP contribution in [0.25, 0.3) is 9.96 Å². The minimum Gasteiger partial charge on any atom is -0.669 e. The molecule has 3 atom stereocenters. The van der Waals surface area contributed by atoms with Crippen LogP contribution in [0.1, 0.15) is 46.1 Å². The number of hydrogen-bond donors (Lipinski definition) is 0. The Morgan fingerprint density at radius 3 is 1.91 bits per heavy atom. The van der Waals surface area contributed by atoms with E-state index in [1.807, 2.05) is 37.4 Å². The molecule has 2 rings (SSSR count). The molecule has 7 heteroatoms. The number of benzene rings is 1. The smallest absolute Gasteiger partial charge is 0.669 e. The second-order valence-electron chi connectivity index (χ2n) is 12.8. The van der Waals surface area contributed by atoms with E-state index in [9.17, 15) is 0 Å². The Morgan fingerprint density at radius 2 is 1.53 bits per heavy atom. The Hall–Kier alpha value is 0.504. The van der Waals surface area contributed by atoms with Crippen molar-refractivity contribution in [3.05, 3.63) is 58.7 Å². The van der Waals surface area contributed by atoms with Crippen molar-refractivity contribution in [3.63, 3.8) is 0 Å². The van der Waals surface area contributed by atoms with Gasteiger partial charge in [-0.2, -0.15) is 49.7 Å². The first kappa shape index (κ1) is 34.5. The van der Waals surface area contributed by atoms with E-state index in [4.69, 9.17) is 14.4 Å². The molecule has 192 valence electrons. The zero-order chi connectivity index (χ0) is 25.7. The van der Waals surface area contributed by atoms with Crippen LogP contribution in [0, 0.1) is 18.8 Å². The summed E-state index contributed by atoms with van der Waals surface area (Å²) < 4.78 is 6.22. The predicted octanol–water partition coefficient (Wildman–Crippen LogP) is 9.03.